The van der Waals surface area contributed by atoms with Crippen molar-refractivity contribution in [2.24, 2.45) is 12.8 Å². The molecule has 0 spiro atoms. The number of aryl methyl sites for hydroxylation is 1. The zero-order valence-corrected chi connectivity index (χ0v) is 13.7. The van der Waals surface area contributed by atoms with E-state index in [1.54, 1.807) is 0 Å². The van der Waals surface area contributed by atoms with Gasteiger partial charge < -0.3 is 14.7 Å². The largest absolute Gasteiger partial charge is 0.340 e. The molecule has 1 aliphatic heterocycles. The number of nitrogens with zero attached hydrogens (tertiary/aromatic N) is 5. The second-order valence-corrected chi connectivity index (χ2v) is 6.71. The van der Waals surface area contributed by atoms with Gasteiger partial charge in [-0.05, 0) is 12.1 Å². The fourth-order valence-electron chi connectivity index (χ4n) is 3.30. The fraction of sp³-hybridized carbons (Fsp3) is 0.375. The fourth-order valence-corrected chi connectivity index (χ4v) is 3.47. The highest BCUT2D eigenvalue weighted by molar-refractivity contribution is 6.30. The van der Waals surface area contributed by atoms with E-state index in [2.05, 4.69) is 21.1 Å². The molecule has 4 rings (SSSR count). The molecule has 7 heteroatoms. The quantitative estimate of drug-likeness (QED) is 0.793. The lowest BCUT2D eigenvalue weighted by Gasteiger charge is -2.13. The molecule has 2 N–H and O–H groups in total. The van der Waals surface area contributed by atoms with Gasteiger partial charge in [0.1, 0.15) is 5.65 Å². The van der Waals surface area contributed by atoms with E-state index in [9.17, 15) is 0 Å². The number of likely N-dealkylation sites (tertiary alicyclic amines) is 1. The average Bonchev–Trinajstić information content (AvgIpc) is 3.17. The number of nitrogens with two attached hydrogens (primary N) is 1. The van der Waals surface area contributed by atoms with Gasteiger partial charge in [0.2, 0.25) is 0 Å². The van der Waals surface area contributed by atoms with Crippen molar-refractivity contribution in [3.05, 3.63) is 53.5 Å². The van der Waals surface area contributed by atoms with Crippen LogP contribution in [0.1, 0.15) is 17.3 Å². The zero-order valence-electron chi connectivity index (χ0n) is 12.9. The van der Waals surface area contributed by atoms with Crippen molar-refractivity contribution in [3.8, 4) is 0 Å². The van der Waals surface area contributed by atoms with Crippen molar-refractivity contribution in [2.45, 2.75) is 18.5 Å². The van der Waals surface area contributed by atoms with Gasteiger partial charge in [-0.25, -0.2) is 9.97 Å². The molecule has 6 nitrogen and oxygen atoms in total. The van der Waals surface area contributed by atoms with Crippen LogP contribution < -0.4 is 5.73 Å². The van der Waals surface area contributed by atoms with Crippen molar-refractivity contribution in [1.82, 2.24) is 23.8 Å². The van der Waals surface area contributed by atoms with Crippen molar-refractivity contribution in [2.75, 3.05) is 13.1 Å². The molecule has 23 heavy (non-hydrogen) atoms. The molecular formula is C16H19ClN6. The Morgan fingerprint density at radius 1 is 1.26 bits per heavy atom. The Labute approximate surface area is 139 Å². The van der Waals surface area contributed by atoms with Crippen LogP contribution in [0.25, 0.3) is 5.65 Å². The maximum Gasteiger partial charge on any atom is 0.137 e. The topological polar surface area (TPSA) is 64.4 Å². The number of hydrogen-bond acceptors (Lipinski definition) is 4. The first-order chi connectivity index (χ1) is 11.1. The summed E-state index contributed by atoms with van der Waals surface area (Å²) in [6.07, 6.45) is 7.79. The summed E-state index contributed by atoms with van der Waals surface area (Å²) in [7, 11) is 1.98. The SMILES string of the molecule is Cn1cnc([C@@H]2CN(Cc3cn4cc(Cl)ccc4n3)C[C@H]2N)c1. The summed E-state index contributed by atoms with van der Waals surface area (Å²) in [5.74, 6) is 0.280. The minimum Gasteiger partial charge on any atom is -0.340 e. The Bertz CT molecular complexity index is 838. The van der Waals surface area contributed by atoms with E-state index in [-0.39, 0.29) is 12.0 Å². The van der Waals surface area contributed by atoms with Crippen LogP contribution in [-0.4, -0.2) is 43.0 Å². The van der Waals surface area contributed by atoms with Gasteiger partial charge in [0, 0.05) is 57.2 Å². The van der Waals surface area contributed by atoms with Crippen LogP contribution in [0.4, 0.5) is 0 Å². The Balaban J connectivity index is 1.50. The first-order valence-electron chi connectivity index (χ1n) is 7.67. The molecule has 1 fully saturated rings. The van der Waals surface area contributed by atoms with Gasteiger partial charge in [0.25, 0.3) is 0 Å². The molecular weight excluding hydrogens is 312 g/mol. The maximum atomic E-state index is 6.33. The summed E-state index contributed by atoms with van der Waals surface area (Å²) in [6, 6.07) is 3.89. The third-order valence-corrected chi connectivity index (χ3v) is 4.62. The third kappa shape index (κ3) is 2.85. The van der Waals surface area contributed by atoms with Crippen molar-refractivity contribution in [3.63, 3.8) is 0 Å². The number of aromatic nitrogens is 4. The zero-order chi connectivity index (χ0) is 16.0. The number of halogens is 1. The van der Waals surface area contributed by atoms with Crippen LogP contribution in [0.5, 0.6) is 0 Å². The monoisotopic (exact) mass is 330 g/mol. The van der Waals surface area contributed by atoms with Gasteiger partial charge in [0.15, 0.2) is 0 Å². The molecule has 0 amide bonds. The first kappa shape index (κ1) is 14.7. The lowest BCUT2D eigenvalue weighted by atomic mass is 10.0. The van der Waals surface area contributed by atoms with Crippen LogP contribution in [-0.2, 0) is 13.6 Å². The molecule has 120 valence electrons. The van der Waals surface area contributed by atoms with Gasteiger partial charge in [-0.1, -0.05) is 11.6 Å². The summed E-state index contributed by atoms with van der Waals surface area (Å²) >= 11 is 6.02. The Kier molecular flexibility index (Phi) is 3.60. The Morgan fingerprint density at radius 3 is 2.91 bits per heavy atom. The highest BCUT2D eigenvalue weighted by atomic mass is 35.5. The van der Waals surface area contributed by atoms with Crippen LogP contribution in [0.3, 0.4) is 0 Å². The molecule has 3 aromatic heterocycles. The number of imidazole rings is 2. The van der Waals surface area contributed by atoms with Crippen LogP contribution in [0.2, 0.25) is 5.02 Å². The Hall–Kier alpha value is -1.89. The van der Waals surface area contributed by atoms with Gasteiger partial charge in [-0.15, -0.1) is 0 Å². The number of rotatable bonds is 3. The van der Waals surface area contributed by atoms with E-state index < -0.39 is 0 Å². The van der Waals surface area contributed by atoms with E-state index in [1.165, 1.54) is 0 Å². The van der Waals surface area contributed by atoms with Gasteiger partial charge >= 0.3 is 0 Å². The molecule has 1 aliphatic rings. The van der Waals surface area contributed by atoms with Crippen LogP contribution >= 0.6 is 11.6 Å². The molecule has 0 radical (unpaired) electrons. The standard InChI is InChI=1S/C16H19ClN6/c1-21-9-15(19-10-21)13-7-22(8-14(13)18)5-12-6-23-4-11(17)2-3-16(23)20-12/h2-4,6,9-10,13-14H,5,7-8,18H2,1H3/t13-,14-/m1/s1. The molecule has 0 aromatic carbocycles. The lowest BCUT2D eigenvalue weighted by molar-refractivity contribution is 0.320. The second-order valence-electron chi connectivity index (χ2n) is 6.27. The summed E-state index contributed by atoms with van der Waals surface area (Å²) in [6.45, 7) is 2.55. The maximum absolute atomic E-state index is 6.33. The molecule has 1 saturated heterocycles. The van der Waals surface area contributed by atoms with Crippen molar-refractivity contribution < 1.29 is 0 Å². The second kappa shape index (κ2) is 5.63. The van der Waals surface area contributed by atoms with E-state index in [0.717, 1.165) is 36.7 Å². The van der Waals surface area contributed by atoms with E-state index >= 15 is 0 Å². The summed E-state index contributed by atoms with van der Waals surface area (Å²) in [4.78, 5) is 11.4. The molecule has 3 aromatic rings. The number of pyridine rings is 1. The minimum absolute atomic E-state index is 0.108. The first-order valence-corrected chi connectivity index (χ1v) is 8.05. The van der Waals surface area contributed by atoms with E-state index in [4.69, 9.17) is 17.3 Å². The summed E-state index contributed by atoms with van der Waals surface area (Å²) < 4.78 is 3.93. The highest BCUT2D eigenvalue weighted by Gasteiger charge is 2.32. The van der Waals surface area contributed by atoms with Crippen molar-refractivity contribution >= 4 is 17.2 Å². The number of fused-ring (bicyclic) bond motifs is 1. The smallest absolute Gasteiger partial charge is 0.137 e. The Morgan fingerprint density at radius 2 is 2.13 bits per heavy atom. The van der Waals surface area contributed by atoms with Crippen LogP contribution in [0.15, 0.2) is 37.1 Å². The van der Waals surface area contributed by atoms with Gasteiger partial charge in [0.05, 0.1) is 22.7 Å². The average molecular weight is 331 g/mol. The minimum atomic E-state index is 0.108. The predicted molar refractivity (Wildman–Crippen MR) is 89.4 cm³/mol. The highest BCUT2D eigenvalue weighted by Crippen LogP contribution is 2.26. The molecule has 4 heterocycles. The molecule has 0 aliphatic carbocycles. The molecule has 0 unspecified atom stereocenters. The summed E-state index contributed by atoms with van der Waals surface area (Å²) in [5.41, 5.74) is 9.34. The normalized spacial score (nSPS) is 22.2. The predicted octanol–water partition coefficient (Wildman–Crippen LogP) is 1.65. The summed E-state index contributed by atoms with van der Waals surface area (Å²) in [5, 5.41) is 0.708. The lowest BCUT2D eigenvalue weighted by Crippen LogP contribution is -2.28. The van der Waals surface area contributed by atoms with Crippen LogP contribution in [0, 0.1) is 0 Å². The van der Waals surface area contributed by atoms with E-state index in [1.807, 2.05) is 46.9 Å². The van der Waals surface area contributed by atoms with Crippen molar-refractivity contribution in [1.29, 1.82) is 0 Å². The molecule has 0 bridgehead atoms. The van der Waals surface area contributed by atoms with E-state index in [0.29, 0.717) is 5.02 Å². The van der Waals surface area contributed by atoms with Gasteiger partial charge in [-0.2, -0.15) is 0 Å². The number of hydrogen-bond donors (Lipinski definition) is 1. The van der Waals surface area contributed by atoms with Gasteiger partial charge in [-0.3, -0.25) is 4.90 Å². The molecule has 2 atom stereocenters. The third-order valence-electron chi connectivity index (χ3n) is 4.40. The molecule has 0 saturated carbocycles.